The molecule has 0 amide bonds. The van der Waals surface area contributed by atoms with Crippen LogP contribution in [0.5, 0.6) is 0 Å². The fraction of sp³-hybridized carbons (Fsp3) is 0.846. The quantitative estimate of drug-likeness (QED) is 0.872. The fourth-order valence-corrected chi connectivity index (χ4v) is 2.22. The van der Waals surface area contributed by atoms with Gasteiger partial charge in [-0.05, 0) is 6.92 Å². The van der Waals surface area contributed by atoms with Crippen molar-refractivity contribution in [1.29, 1.82) is 0 Å². The zero-order valence-electron chi connectivity index (χ0n) is 11.6. The lowest BCUT2D eigenvalue weighted by molar-refractivity contribution is -0.0987. The van der Waals surface area contributed by atoms with Crippen LogP contribution in [0.15, 0.2) is 4.52 Å². The van der Waals surface area contributed by atoms with Crippen molar-refractivity contribution in [2.45, 2.75) is 64.1 Å². The number of nitrogens with zero attached hydrogens (tertiary/aromatic N) is 2. The normalized spacial score (nSPS) is 29.5. The molecule has 0 saturated carbocycles. The summed E-state index contributed by atoms with van der Waals surface area (Å²) in [5, 5.41) is 14.5. The van der Waals surface area contributed by atoms with Crippen molar-refractivity contribution >= 4 is 0 Å². The van der Waals surface area contributed by atoms with Gasteiger partial charge in [-0.2, -0.15) is 4.98 Å². The summed E-state index contributed by atoms with van der Waals surface area (Å²) in [6.45, 7) is 8.66. The van der Waals surface area contributed by atoms with Gasteiger partial charge in [0.2, 0.25) is 5.89 Å². The van der Waals surface area contributed by atoms with Gasteiger partial charge in [0.1, 0.15) is 0 Å². The number of ether oxygens (including phenoxy) is 1. The SMILES string of the molecule is C[C@@H]1C[C@@](O)(Cc2nc(C(C)(C)C)no2)CCO1. The molecule has 2 atom stereocenters. The predicted octanol–water partition coefficient (Wildman–Crippen LogP) is 1.84. The Bertz CT molecular complexity index is 411. The van der Waals surface area contributed by atoms with E-state index < -0.39 is 5.60 Å². The van der Waals surface area contributed by atoms with Crippen LogP contribution in [0.4, 0.5) is 0 Å². The third-order valence-corrected chi connectivity index (χ3v) is 3.26. The number of aliphatic hydroxyl groups is 1. The summed E-state index contributed by atoms with van der Waals surface area (Å²) >= 11 is 0. The first-order valence-corrected chi connectivity index (χ1v) is 6.46. The van der Waals surface area contributed by atoms with Gasteiger partial charge in [0.25, 0.3) is 0 Å². The summed E-state index contributed by atoms with van der Waals surface area (Å²) < 4.78 is 10.7. The highest BCUT2D eigenvalue weighted by Gasteiger charge is 2.35. The second-order valence-corrected chi connectivity index (χ2v) is 6.30. The minimum Gasteiger partial charge on any atom is -0.389 e. The molecule has 5 heteroatoms. The Morgan fingerprint density at radius 2 is 2.17 bits per heavy atom. The van der Waals surface area contributed by atoms with E-state index in [1.165, 1.54) is 0 Å². The van der Waals surface area contributed by atoms with E-state index in [1.54, 1.807) is 0 Å². The second-order valence-electron chi connectivity index (χ2n) is 6.30. The van der Waals surface area contributed by atoms with Crippen molar-refractivity contribution < 1.29 is 14.4 Å². The van der Waals surface area contributed by atoms with E-state index in [1.807, 2.05) is 27.7 Å². The lowest BCUT2D eigenvalue weighted by Crippen LogP contribution is -2.41. The monoisotopic (exact) mass is 254 g/mol. The first-order chi connectivity index (χ1) is 8.28. The van der Waals surface area contributed by atoms with Gasteiger partial charge in [-0.1, -0.05) is 25.9 Å². The minimum absolute atomic E-state index is 0.0776. The molecule has 1 N–H and O–H groups in total. The van der Waals surface area contributed by atoms with Gasteiger partial charge in [-0.3, -0.25) is 0 Å². The highest BCUT2D eigenvalue weighted by atomic mass is 16.5. The maximum Gasteiger partial charge on any atom is 0.229 e. The molecule has 102 valence electrons. The Balaban J connectivity index is 2.07. The zero-order chi connectivity index (χ0) is 13.4. The van der Waals surface area contributed by atoms with Gasteiger partial charge in [-0.15, -0.1) is 0 Å². The highest BCUT2D eigenvalue weighted by molar-refractivity contribution is 5.02. The average molecular weight is 254 g/mol. The van der Waals surface area contributed by atoms with E-state index in [9.17, 15) is 5.11 Å². The third-order valence-electron chi connectivity index (χ3n) is 3.26. The van der Waals surface area contributed by atoms with Crippen molar-refractivity contribution in [3.05, 3.63) is 11.7 Å². The molecule has 2 rings (SSSR count). The molecule has 0 bridgehead atoms. The first-order valence-electron chi connectivity index (χ1n) is 6.46. The van der Waals surface area contributed by atoms with E-state index in [0.29, 0.717) is 37.6 Å². The van der Waals surface area contributed by atoms with Crippen molar-refractivity contribution in [2.24, 2.45) is 0 Å². The van der Waals surface area contributed by atoms with Crippen LogP contribution < -0.4 is 0 Å². The van der Waals surface area contributed by atoms with Crippen LogP contribution in [0.25, 0.3) is 0 Å². The Kier molecular flexibility index (Phi) is 3.47. The van der Waals surface area contributed by atoms with E-state index in [2.05, 4.69) is 10.1 Å². The van der Waals surface area contributed by atoms with Gasteiger partial charge < -0.3 is 14.4 Å². The van der Waals surface area contributed by atoms with Crippen molar-refractivity contribution in [3.63, 3.8) is 0 Å². The molecule has 1 saturated heterocycles. The molecule has 0 radical (unpaired) electrons. The standard InChI is InChI=1S/C13H22N2O3/c1-9-7-13(16,5-6-17-9)8-10-14-11(15-18-10)12(2,3)4/h9,16H,5-8H2,1-4H3/t9-,13-/m1/s1. The Labute approximate surface area is 108 Å². The maximum absolute atomic E-state index is 10.5. The summed E-state index contributed by atoms with van der Waals surface area (Å²) in [4.78, 5) is 4.37. The van der Waals surface area contributed by atoms with Crippen LogP contribution in [0.3, 0.4) is 0 Å². The van der Waals surface area contributed by atoms with E-state index in [0.717, 1.165) is 0 Å². The van der Waals surface area contributed by atoms with E-state index in [4.69, 9.17) is 9.26 Å². The van der Waals surface area contributed by atoms with Gasteiger partial charge in [0, 0.05) is 24.9 Å². The molecule has 0 aliphatic carbocycles. The molecule has 2 heterocycles. The minimum atomic E-state index is -0.778. The van der Waals surface area contributed by atoms with Crippen LogP contribution >= 0.6 is 0 Å². The molecule has 0 aromatic carbocycles. The molecule has 1 aliphatic rings. The molecule has 0 unspecified atom stereocenters. The fourth-order valence-electron chi connectivity index (χ4n) is 2.22. The molecule has 1 fully saturated rings. The van der Waals surface area contributed by atoms with Gasteiger partial charge >= 0.3 is 0 Å². The zero-order valence-corrected chi connectivity index (χ0v) is 11.6. The Morgan fingerprint density at radius 3 is 2.72 bits per heavy atom. The van der Waals surface area contributed by atoms with Crippen molar-refractivity contribution in [3.8, 4) is 0 Å². The smallest absolute Gasteiger partial charge is 0.229 e. The van der Waals surface area contributed by atoms with Crippen LogP contribution in [0, 0.1) is 0 Å². The molecule has 5 nitrogen and oxygen atoms in total. The summed E-state index contributed by atoms with van der Waals surface area (Å²) in [7, 11) is 0. The number of hydrogen-bond acceptors (Lipinski definition) is 5. The molecule has 1 aromatic rings. The molecule has 1 aliphatic heterocycles. The van der Waals surface area contributed by atoms with E-state index >= 15 is 0 Å². The summed E-state index contributed by atoms with van der Waals surface area (Å²) in [5.41, 5.74) is -0.910. The second kappa shape index (κ2) is 4.63. The van der Waals surface area contributed by atoms with Gasteiger partial charge in [0.05, 0.1) is 18.1 Å². The number of hydrogen-bond donors (Lipinski definition) is 1. The van der Waals surface area contributed by atoms with Crippen LogP contribution in [-0.4, -0.2) is 33.6 Å². The topological polar surface area (TPSA) is 68.4 Å². The maximum atomic E-state index is 10.5. The molecular weight excluding hydrogens is 232 g/mol. The molecule has 18 heavy (non-hydrogen) atoms. The predicted molar refractivity (Wildman–Crippen MR) is 66.3 cm³/mol. The van der Waals surface area contributed by atoms with Gasteiger partial charge in [0.15, 0.2) is 5.82 Å². The highest BCUT2D eigenvalue weighted by Crippen LogP contribution is 2.28. The first kappa shape index (κ1) is 13.5. The average Bonchev–Trinajstić information content (AvgIpc) is 2.64. The molecule has 0 spiro atoms. The summed E-state index contributed by atoms with van der Waals surface area (Å²) in [6, 6.07) is 0. The largest absolute Gasteiger partial charge is 0.389 e. The lowest BCUT2D eigenvalue weighted by Gasteiger charge is -2.34. The van der Waals surface area contributed by atoms with Crippen LogP contribution in [0.1, 0.15) is 52.3 Å². The van der Waals surface area contributed by atoms with Gasteiger partial charge in [-0.25, -0.2) is 0 Å². The summed E-state index contributed by atoms with van der Waals surface area (Å²) in [5.74, 6) is 1.19. The van der Waals surface area contributed by atoms with E-state index in [-0.39, 0.29) is 11.5 Å². The molecular formula is C13H22N2O3. The Morgan fingerprint density at radius 1 is 1.44 bits per heavy atom. The Hall–Kier alpha value is -0.940. The number of aromatic nitrogens is 2. The molecule has 1 aromatic heterocycles. The van der Waals surface area contributed by atoms with Crippen LogP contribution in [-0.2, 0) is 16.6 Å². The number of rotatable bonds is 2. The lowest BCUT2D eigenvalue weighted by atomic mass is 9.87. The summed E-state index contributed by atoms with van der Waals surface area (Å²) in [6.07, 6.45) is 1.71. The van der Waals surface area contributed by atoms with Crippen molar-refractivity contribution in [2.75, 3.05) is 6.61 Å². The van der Waals surface area contributed by atoms with Crippen LogP contribution in [0.2, 0.25) is 0 Å². The van der Waals surface area contributed by atoms with Crippen molar-refractivity contribution in [1.82, 2.24) is 10.1 Å². The third kappa shape index (κ3) is 3.09.